The van der Waals surface area contributed by atoms with Crippen LogP contribution in [0.3, 0.4) is 0 Å². The van der Waals surface area contributed by atoms with Crippen molar-refractivity contribution >= 4 is 28.4 Å². The Morgan fingerprint density at radius 1 is 1.20 bits per heavy atom. The Kier molecular flexibility index (Phi) is 3.24. The van der Waals surface area contributed by atoms with Gasteiger partial charge < -0.3 is 4.74 Å². The second-order valence-electron chi connectivity index (χ2n) is 4.45. The van der Waals surface area contributed by atoms with Crippen LogP contribution in [-0.2, 0) is 0 Å². The van der Waals surface area contributed by atoms with Gasteiger partial charge in [-0.1, -0.05) is 30.3 Å². The molecule has 100 valence electrons. The first kappa shape index (κ1) is 12.8. The van der Waals surface area contributed by atoms with Crippen LogP contribution < -0.4 is 4.74 Å². The number of methoxy groups -OCH3 is 1. The quantitative estimate of drug-likeness (QED) is 0.679. The number of benzene rings is 2. The average Bonchev–Trinajstić information content (AvgIpc) is 2.86. The molecular weight excluding hydrogens is 270 g/mol. The number of hydrogen-bond acceptors (Lipinski definition) is 4. The van der Waals surface area contributed by atoms with Crippen LogP contribution in [0, 0.1) is 6.92 Å². The summed E-state index contributed by atoms with van der Waals surface area (Å²) >= 11 is 1.40. The zero-order valence-corrected chi connectivity index (χ0v) is 12.0. The van der Waals surface area contributed by atoms with Gasteiger partial charge in [0.15, 0.2) is 6.29 Å². The first-order valence-electron chi connectivity index (χ1n) is 6.23. The molecule has 3 nitrogen and oxygen atoms in total. The summed E-state index contributed by atoms with van der Waals surface area (Å²) in [5.41, 5.74) is 1.71. The summed E-state index contributed by atoms with van der Waals surface area (Å²) in [5.74, 6) is 0.773. The second-order valence-corrected chi connectivity index (χ2v) is 5.48. The Hall–Kier alpha value is -2.20. The summed E-state index contributed by atoms with van der Waals surface area (Å²) in [4.78, 5) is 16.2. The molecule has 0 bridgehead atoms. The molecular formula is C16H13NO2S. The summed E-state index contributed by atoms with van der Waals surface area (Å²) in [5, 5.41) is 3.03. The molecule has 1 aromatic heterocycles. The third-order valence-corrected chi connectivity index (χ3v) is 4.36. The molecule has 0 aliphatic heterocycles. The van der Waals surface area contributed by atoms with Crippen molar-refractivity contribution in [1.82, 2.24) is 4.98 Å². The number of hydrogen-bond donors (Lipinski definition) is 0. The first-order chi connectivity index (χ1) is 9.74. The zero-order chi connectivity index (χ0) is 14.1. The van der Waals surface area contributed by atoms with Gasteiger partial charge in [-0.2, -0.15) is 0 Å². The number of carbonyl (C=O) groups excluding carboxylic acids is 1. The third kappa shape index (κ3) is 1.98. The highest BCUT2D eigenvalue weighted by molar-refractivity contribution is 7.16. The van der Waals surface area contributed by atoms with Crippen molar-refractivity contribution in [1.29, 1.82) is 0 Å². The van der Waals surface area contributed by atoms with Crippen molar-refractivity contribution < 1.29 is 9.53 Å². The van der Waals surface area contributed by atoms with E-state index in [0.717, 1.165) is 39.1 Å². The second kappa shape index (κ2) is 5.06. The molecule has 2 aromatic carbocycles. The largest absolute Gasteiger partial charge is 0.496 e. The molecule has 0 saturated carbocycles. The third-order valence-electron chi connectivity index (χ3n) is 3.26. The fraction of sp³-hybridized carbons (Fsp3) is 0.125. The summed E-state index contributed by atoms with van der Waals surface area (Å²) < 4.78 is 5.47. The van der Waals surface area contributed by atoms with Gasteiger partial charge in [0.05, 0.1) is 23.2 Å². The van der Waals surface area contributed by atoms with Crippen LogP contribution >= 0.6 is 11.3 Å². The molecule has 3 rings (SSSR count). The first-order valence-corrected chi connectivity index (χ1v) is 7.05. The fourth-order valence-corrected chi connectivity index (χ4v) is 3.21. The van der Waals surface area contributed by atoms with Crippen molar-refractivity contribution in [3.63, 3.8) is 0 Å². The molecule has 0 saturated heterocycles. The summed E-state index contributed by atoms with van der Waals surface area (Å²) in [6.45, 7) is 1.85. The van der Waals surface area contributed by atoms with Crippen LogP contribution in [-0.4, -0.2) is 18.4 Å². The van der Waals surface area contributed by atoms with E-state index in [2.05, 4.69) is 11.1 Å². The highest BCUT2D eigenvalue weighted by atomic mass is 32.1. The molecule has 0 aliphatic rings. The van der Waals surface area contributed by atoms with Gasteiger partial charge in [-0.05, 0) is 23.8 Å². The van der Waals surface area contributed by atoms with Crippen molar-refractivity contribution in [2.24, 2.45) is 0 Å². The SMILES string of the molecule is COc1ccc2ccccc2c1-c1nc(C)c(C=O)s1. The van der Waals surface area contributed by atoms with E-state index < -0.39 is 0 Å². The van der Waals surface area contributed by atoms with Gasteiger partial charge in [0.2, 0.25) is 0 Å². The van der Waals surface area contributed by atoms with Gasteiger partial charge in [0, 0.05) is 0 Å². The molecule has 20 heavy (non-hydrogen) atoms. The van der Waals surface area contributed by atoms with E-state index in [1.54, 1.807) is 7.11 Å². The molecule has 0 radical (unpaired) electrons. The highest BCUT2D eigenvalue weighted by Gasteiger charge is 2.16. The molecule has 0 N–H and O–H groups in total. The summed E-state index contributed by atoms with van der Waals surface area (Å²) in [7, 11) is 1.65. The number of fused-ring (bicyclic) bond motifs is 1. The topological polar surface area (TPSA) is 39.2 Å². The Balaban J connectivity index is 2.34. The predicted octanol–water partition coefficient (Wildman–Crippen LogP) is 4.09. The lowest BCUT2D eigenvalue weighted by Crippen LogP contribution is -1.89. The van der Waals surface area contributed by atoms with E-state index in [4.69, 9.17) is 4.74 Å². The molecule has 4 heteroatoms. The number of aromatic nitrogens is 1. The number of ether oxygens (including phenoxy) is 1. The zero-order valence-electron chi connectivity index (χ0n) is 11.2. The molecule has 0 atom stereocenters. The van der Waals surface area contributed by atoms with Crippen LogP contribution in [0.4, 0.5) is 0 Å². The molecule has 1 heterocycles. The number of nitrogens with zero attached hydrogens (tertiary/aromatic N) is 1. The molecule has 0 unspecified atom stereocenters. The molecule has 0 fully saturated rings. The maximum absolute atomic E-state index is 11.0. The van der Waals surface area contributed by atoms with Gasteiger partial charge in [-0.25, -0.2) is 4.98 Å². The van der Waals surface area contributed by atoms with Crippen LogP contribution in [0.5, 0.6) is 5.75 Å². The van der Waals surface area contributed by atoms with E-state index in [0.29, 0.717) is 4.88 Å². The molecule has 0 amide bonds. The number of rotatable bonds is 3. The number of carbonyl (C=O) groups is 1. The Morgan fingerprint density at radius 3 is 2.70 bits per heavy atom. The van der Waals surface area contributed by atoms with Crippen molar-refractivity contribution in [3.05, 3.63) is 47.0 Å². The maximum Gasteiger partial charge on any atom is 0.161 e. The molecule has 0 aliphatic carbocycles. The van der Waals surface area contributed by atoms with E-state index in [1.807, 2.05) is 37.3 Å². The van der Waals surface area contributed by atoms with Crippen LogP contribution in [0.25, 0.3) is 21.3 Å². The Morgan fingerprint density at radius 2 is 2.00 bits per heavy atom. The molecule has 3 aromatic rings. The summed E-state index contributed by atoms with van der Waals surface area (Å²) in [6, 6.07) is 12.1. The van der Waals surface area contributed by atoms with Gasteiger partial charge >= 0.3 is 0 Å². The van der Waals surface area contributed by atoms with E-state index in [1.165, 1.54) is 11.3 Å². The normalized spacial score (nSPS) is 10.7. The minimum absolute atomic E-state index is 0.662. The standard InChI is InChI=1S/C16H13NO2S/c1-10-14(9-18)20-16(17-10)15-12-6-4-3-5-11(12)7-8-13(15)19-2/h3-9H,1-2H3. The van der Waals surface area contributed by atoms with Crippen molar-refractivity contribution in [2.45, 2.75) is 6.92 Å². The fourth-order valence-electron chi connectivity index (χ4n) is 2.27. The van der Waals surface area contributed by atoms with Crippen LogP contribution in [0.1, 0.15) is 15.4 Å². The highest BCUT2D eigenvalue weighted by Crippen LogP contribution is 2.39. The maximum atomic E-state index is 11.0. The van der Waals surface area contributed by atoms with Gasteiger partial charge in [0.25, 0.3) is 0 Å². The lowest BCUT2D eigenvalue weighted by atomic mass is 10.0. The van der Waals surface area contributed by atoms with E-state index >= 15 is 0 Å². The Bertz CT molecular complexity index is 792. The minimum Gasteiger partial charge on any atom is -0.496 e. The smallest absolute Gasteiger partial charge is 0.161 e. The number of aryl methyl sites for hydroxylation is 1. The van der Waals surface area contributed by atoms with Crippen molar-refractivity contribution in [3.8, 4) is 16.3 Å². The van der Waals surface area contributed by atoms with Gasteiger partial charge in [-0.15, -0.1) is 11.3 Å². The van der Waals surface area contributed by atoms with Crippen LogP contribution in [0.15, 0.2) is 36.4 Å². The Labute approximate surface area is 120 Å². The van der Waals surface area contributed by atoms with Gasteiger partial charge in [-0.3, -0.25) is 4.79 Å². The predicted molar refractivity (Wildman–Crippen MR) is 81.7 cm³/mol. The minimum atomic E-state index is 0.662. The monoisotopic (exact) mass is 283 g/mol. The lowest BCUT2D eigenvalue weighted by Gasteiger charge is -2.09. The lowest BCUT2D eigenvalue weighted by molar-refractivity contribution is 0.112. The average molecular weight is 283 g/mol. The van der Waals surface area contributed by atoms with E-state index in [-0.39, 0.29) is 0 Å². The summed E-state index contributed by atoms with van der Waals surface area (Å²) in [6.07, 6.45) is 0.855. The van der Waals surface area contributed by atoms with Gasteiger partial charge in [0.1, 0.15) is 10.8 Å². The van der Waals surface area contributed by atoms with E-state index in [9.17, 15) is 4.79 Å². The number of thiazole rings is 1. The number of aldehydes is 1. The van der Waals surface area contributed by atoms with Crippen LogP contribution in [0.2, 0.25) is 0 Å². The molecule has 0 spiro atoms. The van der Waals surface area contributed by atoms with Crippen molar-refractivity contribution in [2.75, 3.05) is 7.11 Å².